The average Bonchev–Trinajstić information content (AvgIpc) is 2.63. The van der Waals surface area contributed by atoms with Crippen LogP contribution in [0, 0.1) is 0 Å². The SMILES string of the molecule is CCOc1c(N)nsc1N(CC)C(C)CC. The predicted molar refractivity (Wildman–Crippen MR) is 70.5 cm³/mol. The van der Waals surface area contributed by atoms with Crippen LogP contribution >= 0.6 is 11.5 Å². The van der Waals surface area contributed by atoms with Crippen LogP contribution in [0.3, 0.4) is 0 Å². The molecule has 1 heterocycles. The Balaban J connectivity index is 2.99. The zero-order chi connectivity index (χ0) is 12.1. The molecule has 0 radical (unpaired) electrons. The fourth-order valence-electron chi connectivity index (χ4n) is 1.62. The van der Waals surface area contributed by atoms with Crippen LogP contribution in [0.4, 0.5) is 10.8 Å². The molecule has 0 saturated heterocycles. The molecule has 0 saturated carbocycles. The summed E-state index contributed by atoms with van der Waals surface area (Å²) in [7, 11) is 0. The lowest BCUT2D eigenvalue weighted by molar-refractivity contribution is 0.342. The lowest BCUT2D eigenvalue weighted by Crippen LogP contribution is -2.31. The Hall–Kier alpha value is -0.970. The van der Waals surface area contributed by atoms with Crippen molar-refractivity contribution in [2.24, 2.45) is 0 Å². The lowest BCUT2D eigenvalue weighted by atomic mass is 10.2. The maximum atomic E-state index is 5.81. The Morgan fingerprint density at radius 1 is 1.44 bits per heavy atom. The molecule has 0 aliphatic rings. The van der Waals surface area contributed by atoms with Crippen molar-refractivity contribution in [2.75, 3.05) is 23.8 Å². The van der Waals surface area contributed by atoms with E-state index in [-0.39, 0.29) is 0 Å². The molecule has 0 aliphatic heterocycles. The fraction of sp³-hybridized carbons (Fsp3) is 0.727. The summed E-state index contributed by atoms with van der Waals surface area (Å²) in [6, 6.07) is 0.476. The smallest absolute Gasteiger partial charge is 0.197 e. The van der Waals surface area contributed by atoms with Crippen molar-refractivity contribution < 1.29 is 4.74 Å². The number of anilines is 2. The number of hydrogen-bond acceptors (Lipinski definition) is 5. The number of aromatic nitrogens is 1. The maximum absolute atomic E-state index is 5.81. The van der Waals surface area contributed by atoms with Gasteiger partial charge in [-0.05, 0) is 38.7 Å². The number of hydrogen-bond donors (Lipinski definition) is 1. The average molecular weight is 243 g/mol. The standard InChI is InChI=1S/C11H21N3OS/c1-5-8(4)14(6-2)11-9(15-7-3)10(12)13-16-11/h8H,5-7H2,1-4H3,(H2,12,13). The van der Waals surface area contributed by atoms with Gasteiger partial charge in [0.05, 0.1) is 6.61 Å². The highest BCUT2D eigenvalue weighted by atomic mass is 32.1. The van der Waals surface area contributed by atoms with Gasteiger partial charge in [0.1, 0.15) is 0 Å². The lowest BCUT2D eigenvalue weighted by Gasteiger charge is -2.28. The Morgan fingerprint density at radius 3 is 2.62 bits per heavy atom. The second-order valence-corrected chi connectivity index (χ2v) is 4.43. The van der Waals surface area contributed by atoms with E-state index in [4.69, 9.17) is 10.5 Å². The molecule has 1 atom stereocenters. The highest BCUT2D eigenvalue weighted by Gasteiger charge is 2.21. The van der Waals surface area contributed by atoms with Gasteiger partial charge in [0.2, 0.25) is 0 Å². The molecule has 0 bridgehead atoms. The van der Waals surface area contributed by atoms with Crippen LogP contribution in [0.5, 0.6) is 5.75 Å². The Morgan fingerprint density at radius 2 is 2.12 bits per heavy atom. The fourth-order valence-corrected chi connectivity index (χ4v) is 2.55. The van der Waals surface area contributed by atoms with Crippen molar-refractivity contribution in [1.29, 1.82) is 0 Å². The molecule has 0 amide bonds. The van der Waals surface area contributed by atoms with Crippen LogP contribution in [-0.4, -0.2) is 23.6 Å². The summed E-state index contributed by atoms with van der Waals surface area (Å²) in [5.41, 5.74) is 5.81. The molecule has 0 spiro atoms. The first-order valence-electron chi connectivity index (χ1n) is 5.80. The predicted octanol–water partition coefficient (Wildman–Crippen LogP) is 2.75. The second-order valence-electron chi connectivity index (χ2n) is 3.68. The van der Waals surface area contributed by atoms with Crippen LogP contribution in [0.15, 0.2) is 0 Å². The first-order chi connectivity index (χ1) is 7.65. The van der Waals surface area contributed by atoms with Crippen LogP contribution in [0.2, 0.25) is 0 Å². The van der Waals surface area contributed by atoms with E-state index in [1.54, 1.807) is 0 Å². The molecule has 16 heavy (non-hydrogen) atoms. The molecule has 0 aliphatic carbocycles. The third-order valence-electron chi connectivity index (χ3n) is 2.67. The minimum absolute atomic E-state index is 0.476. The normalized spacial score (nSPS) is 12.5. The van der Waals surface area contributed by atoms with Gasteiger partial charge in [-0.15, -0.1) is 0 Å². The van der Waals surface area contributed by atoms with Crippen LogP contribution in [0.1, 0.15) is 34.1 Å². The van der Waals surface area contributed by atoms with E-state index in [0.29, 0.717) is 18.5 Å². The first kappa shape index (κ1) is 13.1. The van der Waals surface area contributed by atoms with E-state index >= 15 is 0 Å². The maximum Gasteiger partial charge on any atom is 0.197 e. The van der Waals surface area contributed by atoms with Crippen molar-refractivity contribution in [3.63, 3.8) is 0 Å². The van der Waals surface area contributed by atoms with Crippen molar-refractivity contribution in [1.82, 2.24) is 4.37 Å². The number of nitrogen functional groups attached to an aromatic ring is 1. The van der Waals surface area contributed by atoms with Gasteiger partial charge < -0.3 is 15.4 Å². The first-order valence-corrected chi connectivity index (χ1v) is 6.57. The molecule has 2 N–H and O–H groups in total. The van der Waals surface area contributed by atoms with E-state index in [1.165, 1.54) is 11.5 Å². The Labute approximate surface area is 102 Å². The molecular weight excluding hydrogens is 222 g/mol. The minimum Gasteiger partial charge on any atom is -0.487 e. The summed E-state index contributed by atoms with van der Waals surface area (Å²) >= 11 is 1.42. The van der Waals surface area contributed by atoms with Gasteiger partial charge in [-0.1, -0.05) is 6.92 Å². The summed E-state index contributed by atoms with van der Waals surface area (Å²) in [6.45, 7) is 10.0. The summed E-state index contributed by atoms with van der Waals surface area (Å²) < 4.78 is 9.74. The van der Waals surface area contributed by atoms with Crippen molar-refractivity contribution in [3.8, 4) is 5.75 Å². The molecule has 0 fully saturated rings. The van der Waals surface area contributed by atoms with Crippen LogP contribution in [-0.2, 0) is 0 Å². The van der Waals surface area contributed by atoms with Crippen LogP contribution in [0.25, 0.3) is 0 Å². The zero-order valence-corrected chi connectivity index (χ0v) is 11.3. The van der Waals surface area contributed by atoms with E-state index in [0.717, 1.165) is 23.7 Å². The van der Waals surface area contributed by atoms with Crippen molar-refractivity contribution in [3.05, 3.63) is 0 Å². The summed E-state index contributed by atoms with van der Waals surface area (Å²) in [5, 5.41) is 1.05. The van der Waals surface area contributed by atoms with Gasteiger partial charge in [0.25, 0.3) is 0 Å². The second kappa shape index (κ2) is 5.94. The number of ether oxygens (including phenoxy) is 1. The van der Waals surface area contributed by atoms with E-state index in [1.807, 2.05) is 6.92 Å². The molecule has 5 heteroatoms. The number of rotatable bonds is 6. The summed E-state index contributed by atoms with van der Waals surface area (Å²) in [6.07, 6.45) is 1.09. The van der Waals surface area contributed by atoms with E-state index in [2.05, 4.69) is 30.0 Å². The largest absolute Gasteiger partial charge is 0.487 e. The molecule has 92 valence electrons. The molecular formula is C11H21N3OS. The van der Waals surface area contributed by atoms with Crippen LogP contribution < -0.4 is 15.4 Å². The molecule has 1 unspecified atom stereocenters. The topological polar surface area (TPSA) is 51.4 Å². The monoisotopic (exact) mass is 243 g/mol. The van der Waals surface area contributed by atoms with Gasteiger partial charge >= 0.3 is 0 Å². The number of nitrogens with zero attached hydrogens (tertiary/aromatic N) is 2. The summed E-state index contributed by atoms with van der Waals surface area (Å²) in [4.78, 5) is 2.29. The van der Waals surface area contributed by atoms with Gasteiger partial charge in [-0.3, -0.25) is 0 Å². The molecule has 0 aromatic carbocycles. The molecule has 1 aromatic rings. The van der Waals surface area contributed by atoms with Gasteiger partial charge in [0.15, 0.2) is 16.6 Å². The minimum atomic E-state index is 0.476. The quantitative estimate of drug-likeness (QED) is 0.834. The van der Waals surface area contributed by atoms with Gasteiger partial charge in [0, 0.05) is 12.6 Å². The van der Waals surface area contributed by atoms with Gasteiger partial charge in [-0.2, -0.15) is 4.37 Å². The molecule has 1 rings (SSSR count). The van der Waals surface area contributed by atoms with Gasteiger partial charge in [-0.25, -0.2) is 0 Å². The van der Waals surface area contributed by atoms with Crippen molar-refractivity contribution >= 4 is 22.4 Å². The van der Waals surface area contributed by atoms with E-state index < -0.39 is 0 Å². The number of nitrogens with two attached hydrogens (primary N) is 1. The highest BCUT2D eigenvalue weighted by Crippen LogP contribution is 2.39. The van der Waals surface area contributed by atoms with Crippen molar-refractivity contribution in [2.45, 2.75) is 40.2 Å². The third kappa shape index (κ3) is 2.58. The summed E-state index contributed by atoms with van der Waals surface area (Å²) in [5.74, 6) is 1.25. The van der Waals surface area contributed by atoms with E-state index in [9.17, 15) is 0 Å². The highest BCUT2D eigenvalue weighted by molar-refractivity contribution is 7.11. The third-order valence-corrected chi connectivity index (χ3v) is 3.55. The Kier molecular flexibility index (Phi) is 4.86. The zero-order valence-electron chi connectivity index (χ0n) is 10.5. The molecule has 4 nitrogen and oxygen atoms in total. The molecule has 1 aromatic heterocycles. The Bertz CT molecular complexity index is 327.